The van der Waals surface area contributed by atoms with Crippen LogP contribution in [0.5, 0.6) is 0 Å². The maximum Gasteiger partial charge on any atom is 0.252 e. The first-order valence-electron chi connectivity index (χ1n) is 9.73. The largest absolute Gasteiger partial charge is 0.369 e. The summed E-state index contributed by atoms with van der Waals surface area (Å²) in [7, 11) is 0. The quantitative estimate of drug-likeness (QED) is 0.712. The van der Waals surface area contributed by atoms with Crippen LogP contribution in [-0.2, 0) is 4.79 Å². The zero-order valence-corrected chi connectivity index (χ0v) is 17.1. The van der Waals surface area contributed by atoms with Crippen molar-refractivity contribution in [1.82, 2.24) is 15.5 Å². The summed E-state index contributed by atoms with van der Waals surface area (Å²) in [6, 6.07) is 10.4. The Hall–Kier alpha value is -2.38. The fourth-order valence-corrected chi connectivity index (χ4v) is 3.92. The van der Waals surface area contributed by atoms with Gasteiger partial charge < -0.3 is 15.5 Å². The van der Waals surface area contributed by atoms with E-state index in [0.29, 0.717) is 25.1 Å². The molecule has 0 atom stereocenters. The number of thiophene rings is 1. The molecule has 7 heteroatoms. The molecule has 2 N–H and O–H groups in total. The van der Waals surface area contributed by atoms with E-state index in [9.17, 15) is 9.59 Å². The summed E-state index contributed by atoms with van der Waals surface area (Å²) >= 11 is 1.48. The molecule has 0 saturated carbocycles. The molecule has 150 valence electrons. The lowest BCUT2D eigenvalue weighted by molar-refractivity contribution is -0.121. The van der Waals surface area contributed by atoms with Crippen LogP contribution in [0.2, 0.25) is 0 Å². The Kier molecular flexibility index (Phi) is 7.45. The number of nitrogens with one attached hydrogen (secondary N) is 2. The van der Waals surface area contributed by atoms with Crippen molar-refractivity contribution in [2.24, 2.45) is 0 Å². The van der Waals surface area contributed by atoms with Crippen LogP contribution in [0, 0.1) is 6.92 Å². The number of carbonyl (C=O) groups is 2. The summed E-state index contributed by atoms with van der Waals surface area (Å²) in [6.45, 7) is 7.99. The van der Waals surface area contributed by atoms with Gasteiger partial charge in [0.2, 0.25) is 5.91 Å². The zero-order valence-electron chi connectivity index (χ0n) is 16.3. The molecule has 1 saturated heterocycles. The maximum absolute atomic E-state index is 11.9. The molecule has 0 unspecified atom stereocenters. The zero-order chi connectivity index (χ0) is 19.8. The number of benzene rings is 1. The standard InChI is InChI=1S/C21H28N4O2S/c1-17-3-2-4-19(15-17)25-12-10-24(11-13-25)9-8-22-20(26)5-7-23-21(27)18-6-14-28-16-18/h2-4,6,14-16H,5,7-13H2,1H3,(H,22,26)(H,23,27). The number of amides is 2. The second-order valence-electron chi connectivity index (χ2n) is 7.04. The fraction of sp³-hybridized carbons (Fsp3) is 0.429. The molecule has 0 bridgehead atoms. The smallest absolute Gasteiger partial charge is 0.252 e. The number of anilines is 1. The van der Waals surface area contributed by atoms with Crippen molar-refractivity contribution in [3.63, 3.8) is 0 Å². The molecule has 1 aliphatic heterocycles. The molecule has 3 rings (SSSR count). The van der Waals surface area contributed by atoms with E-state index in [4.69, 9.17) is 0 Å². The van der Waals surface area contributed by atoms with E-state index in [1.165, 1.54) is 22.6 Å². The van der Waals surface area contributed by atoms with Gasteiger partial charge in [-0.05, 0) is 36.1 Å². The Labute approximate surface area is 170 Å². The number of piperazine rings is 1. The third-order valence-corrected chi connectivity index (χ3v) is 5.59. The van der Waals surface area contributed by atoms with E-state index in [-0.39, 0.29) is 11.8 Å². The highest BCUT2D eigenvalue weighted by molar-refractivity contribution is 7.08. The molecule has 6 nitrogen and oxygen atoms in total. The Bertz CT molecular complexity index is 770. The third kappa shape index (κ3) is 6.07. The summed E-state index contributed by atoms with van der Waals surface area (Å²) < 4.78 is 0. The predicted molar refractivity (Wildman–Crippen MR) is 114 cm³/mol. The summed E-state index contributed by atoms with van der Waals surface area (Å²) in [5.74, 6) is -0.149. The number of aryl methyl sites for hydroxylation is 1. The summed E-state index contributed by atoms with van der Waals surface area (Å²) in [5.41, 5.74) is 3.22. The minimum Gasteiger partial charge on any atom is -0.369 e. The Morgan fingerprint density at radius 3 is 2.61 bits per heavy atom. The fourth-order valence-electron chi connectivity index (χ4n) is 3.28. The number of carbonyl (C=O) groups excluding carboxylic acids is 2. The van der Waals surface area contributed by atoms with Gasteiger partial charge >= 0.3 is 0 Å². The Morgan fingerprint density at radius 2 is 1.89 bits per heavy atom. The average Bonchev–Trinajstić information content (AvgIpc) is 3.23. The first-order valence-corrected chi connectivity index (χ1v) is 10.7. The molecule has 1 aromatic carbocycles. The molecular weight excluding hydrogens is 372 g/mol. The minimum atomic E-state index is -0.125. The molecule has 1 aliphatic rings. The summed E-state index contributed by atoms with van der Waals surface area (Å²) in [5, 5.41) is 9.38. The van der Waals surface area contributed by atoms with Crippen molar-refractivity contribution >= 4 is 28.8 Å². The van der Waals surface area contributed by atoms with Gasteiger partial charge in [0.05, 0.1) is 0 Å². The second kappa shape index (κ2) is 10.2. The first kappa shape index (κ1) is 20.4. The number of rotatable bonds is 8. The van der Waals surface area contributed by atoms with Crippen LogP contribution < -0.4 is 15.5 Å². The van der Waals surface area contributed by atoms with E-state index in [1.807, 2.05) is 5.38 Å². The number of hydrogen-bond acceptors (Lipinski definition) is 5. The molecule has 0 aliphatic carbocycles. The molecule has 2 aromatic rings. The van der Waals surface area contributed by atoms with Gasteiger partial charge in [0, 0.05) is 68.9 Å². The average molecular weight is 401 g/mol. The topological polar surface area (TPSA) is 64.7 Å². The summed E-state index contributed by atoms with van der Waals surface area (Å²) in [4.78, 5) is 28.5. The van der Waals surface area contributed by atoms with Gasteiger partial charge in [0.1, 0.15) is 0 Å². The highest BCUT2D eigenvalue weighted by Gasteiger charge is 2.17. The molecule has 1 aromatic heterocycles. The van der Waals surface area contributed by atoms with Gasteiger partial charge in [0.15, 0.2) is 0 Å². The molecule has 0 radical (unpaired) electrons. The van der Waals surface area contributed by atoms with Crippen molar-refractivity contribution in [3.8, 4) is 0 Å². The van der Waals surface area contributed by atoms with E-state index >= 15 is 0 Å². The molecule has 1 fully saturated rings. The van der Waals surface area contributed by atoms with E-state index in [1.54, 1.807) is 11.4 Å². The minimum absolute atomic E-state index is 0.0241. The van der Waals surface area contributed by atoms with Crippen molar-refractivity contribution < 1.29 is 9.59 Å². The lowest BCUT2D eigenvalue weighted by atomic mass is 10.2. The molecule has 2 amide bonds. The van der Waals surface area contributed by atoms with Gasteiger partial charge in [0.25, 0.3) is 5.91 Å². The highest BCUT2D eigenvalue weighted by atomic mass is 32.1. The highest BCUT2D eigenvalue weighted by Crippen LogP contribution is 2.17. The molecular formula is C21H28N4O2S. The van der Waals surface area contributed by atoms with Gasteiger partial charge in [-0.2, -0.15) is 11.3 Å². The Morgan fingerprint density at radius 1 is 1.07 bits per heavy atom. The number of nitrogens with zero attached hydrogens (tertiary/aromatic N) is 2. The van der Waals surface area contributed by atoms with Crippen molar-refractivity contribution in [1.29, 1.82) is 0 Å². The van der Waals surface area contributed by atoms with Crippen LogP contribution in [0.25, 0.3) is 0 Å². The summed E-state index contributed by atoms with van der Waals surface area (Å²) in [6.07, 6.45) is 0.303. The molecule has 28 heavy (non-hydrogen) atoms. The van der Waals surface area contributed by atoms with E-state index in [2.05, 4.69) is 51.6 Å². The molecule has 2 heterocycles. The Balaban J connectivity index is 1.27. The van der Waals surface area contributed by atoms with Crippen LogP contribution in [0.3, 0.4) is 0 Å². The predicted octanol–water partition coefficient (Wildman–Crippen LogP) is 2.11. The lowest BCUT2D eigenvalue weighted by Crippen LogP contribution is -2.48. The van der Waals surface area contributed by atoms with Crippen molar-refractivity contribution in [3.05, 3.63) is 52.2 Å². The van der Waals surface area contributed by atoms with E-state index in [0.717, 1.165) is 32.7 Å². The number of hydrogen-bond donors (Lipinski definition) is 2. The van der Waals surface area contributed by atoms with Gasteiger partial charge in [-0.15, -0.1) is 0 Å². The monoisotopic (exact) mass is 400 g/mol. The van der Waals surface area contributed by atoms with Crippen molar-refractivity contribution in [2.75, 3.05) is 50.7 Å². The van der Waals surface area contributed by atoms with Crippen LogP contribution in [0.15, 0.2) is 41.1 Å². The normalized spacial score (nSPS) is 14.7. The molecule has 0 spiro atoms. The van der Waals surface area contributed by atoms with Crippen LogP contribution in [-0.4, -0.2) is 62.5 Å². The SMILES string of the molecule is Cc1cccc(N2CCN(CCNC(=O)CCNC(=O)c3ccsc3)CC2)c1. The van der Waals surface area contributed by atoms with Crippen LogP contribution in [0.1, 0.15) is 22.3 Å². The van der Waals surface area contributed by atoms with Crippen molar-refractivity contribution in [2.45, 2.75) is 13.3 Å². The van der Waals surface area contributed by atoms with Crippen LogP contribution in [0.4, 0.5) is 5.69 Å². The van der Waals surface area contributed by atoms with Gasteiger partial charge in [-0.1, -0.05) is 12.1 Å². The first-order chi connectivity index (χ1) is 13.6. The maximum atomic E-state index is 11.9. The lowest BCUT2D eigenvalue weighted by Gasteiger charge is -2.36. The van der Waals surface area contributed by atoms with Gasteiger partial charge in [-0.3, -0.25) is 14.5 Å². The van der Waals surface area contributed by atoms with E-state index < -0.39 is 0 Å². The van der Waals surface area contributed by atoms with Gasteiger partial charge in [-0.25, -0.2) is 0 Å². The third-order valence-electron chi connectivity index (χ3n) is 4.91. The second-order valence-corrected chi connectivity index (χ2v) is 7.82. The van der Waals surface area contributed by atoms with Crippen LogP contribution >= 0.6 is 11.3 Å².